The van der Waals surface area contributed by atoms with Crippen LogP contribution in [0.25, 0.3) is 38.7 Å². The molecule has 1 unspecified atom stereocenters. The van der Waals surface area contributed by atoms with Crippen molar-refractivity contribution in [3.05, 3.63) is 89.5 Å². The van der Waals surface area contributed by atoms with E-state index in [1.54, 1.807) is 11.1 Å². The van der Waals surface area contributed by atoms with Gasteiger partial charge in [-0.3, -0.25) is 0 Å². The van der Waals surface area contributed by atoms with Crippen molar-refractivity contribution in [3.8, 4) is 11.1 Å². The van der Waals surface area contributed by atoms with Gasteiger partial charge in [-0.2, -0.15) is 0 Å². The van der Waals surface area contributed by atoms with E-state index in [-0.39, 0.29) is 0 Å². The summed E-state index contributed by atoms with van der Waals surface area (Å²) in [6.45, 7) is 2.33. The quantitative estimate of drug-likeness (QED) is 0.286. The van der Waals surface area contributed by atoms with E-state index in [2.05, 4.69) is 95.1 Å². The van der Waals surface area contributed by atoms with Gasteiger partial charge in [-0.25, -0.2) is 0 Å². The van der Waals surface area contributed by atoms with Gasteiger partial charge in [0.1, 0.15) is 0 Å². The fourth-order valence-electron chi connectivity index (χ4n) is 4.83. The molecule has 0 fully saturated rings. The molecule has 131 valence electrons. The van der Waals surface area contributed by atoms with E-state index in [9.17, 15) is 0 Å². The summed E-state index contributed by atoms with van der Waals surface area (Å²) >= 11 is -1.37. The van der Waals surface area contributed by atoms with Crippen molar-refractivity contribution in [2.45, 2.75) is 19.8 Å². The first-order valence-electron chi connectivity index (χ1n) is 9.67. The number of hydrogen-bond acceptors (Lipinski definition) is 0. The monoisotopic (exact) mass is 425 g/mol. The molecule has 0 nitrogen and oxygen atoms in total. The normalized spacial score (nSPS) is 15.8. The Bertz CT molecular complexity index is 1210. The van der Waals surface area contributed by atoms with E-state index in [0.717, 1.165) is 3.63 Å². The summed E-state index contributed by atoms with van der Waals surface area (Å²) in [5.41, 5.74) is 7.35. The summed E-state index contributed by atoms with van der Waals surface area (Å²) < 4.78 is 5.78. The second kappa shape index (κ2) is 6.57. The Morgan fingerprint density at radius 1 is 0.667 bits per heavy atom. The third-order valence-electron chi connectivity index (χ3n) is 5.93. The summed E-state index contributed by atoms with van der Waals surface area (Å²) in [5, 5.41) is 5.35. The van der Waals surface area contributed by atoms with Gasteiger partial charge in [0.2, 0.25) is 0 Å². The second-order valence-electron chi connectivity index (χ2n) is 7.89. The molecular weight excluding hydrogens is 404 g/mol. The van der Waals surface area contributed by atoms with Gasteiger partial charge in [-0.1, -0.05) is 0 Å². The van der Waals surface area contributed by atoms with Gasteiger partial charge in [0, 0.05) is 0 Å². The Morgan fingerprint density at radius 3 is 2.26 bits per heavy atom. The van der Waals surface area contributed by atoms with Crippen LogP contribution in [0.5, 0.6) is 0 Å². The van der Waals surface area contributed by atoms with E-state index in [1.165, 1.54) is 38.2 Å². The maximum absolute atomic E-state index is 2.52. The summed E-state index contributed by atoms with van der Waals surface area (Å²) in [6, 6.07) is 27.0. The zero-order valence-electron chi connectivity index (χ0n) is 16.1. The van der Waals surface area contributed by atoms with Crippen LogP contribution in [-0.2, 0) is 21.8 Å². The fraction of sp³-hybridized carbons (Fsp3) is 0.154. The SMILES string of the molecule is CC1=Cc2c(-c3cccc4c3ccc3ccccc34)cccc2[CH]1[Zr]([CH3])[CH3]. The van der Waals surface area contributed by atoms with Gasteiger partial charge >= 0.3 is 170 Å². The van der Waals surface area contributed by atoms with Gasteiger partial charge in [0.15, 0.2) is 0 Å². The zero-order chi connectivity index (χ0) is 18.5. The molecule has 1 heteroatoms. The van der Waals surface area contributed by atoms with E-state index in [0.29, 0.717) is 0 Å². The average molecular weight is 427 g/mol. The topological polar surface area (TPSA) is 0 Å². The third kappa shape index (κ3) is 2.67. The van der Waals surface area contributed by atoms with Crippen molar-refractivity contribution >= 4 is 27.6 Å². The standard InChI is InChI=1S/C24H17.2CH3.Zr/c1-16-14-18-7-4-9-22(24(18)15-16)21-11-5-10-20-19-8-3-2-6-17(19)12-13-23(20)21;;;/h2-15H,1H3;2*1H3;. The Balaban J connectivity index is 1.80. The summed E-state index contributed by atoms with van der Waals surface area (Å²) in [6.07, 6.45) is 2.46. The van der Waals surface area contributed by atoms with Crippen LogP contribution in [-0.4, -0.2) is 0 Å². The Morgan fingerprint density at radius 2 is 1.41 bits per heavy atom. The first-order valence-corrected chi connectivity index (χ1v) is 16.0. The minimum absolute atomic E-state index is 0.734. The molecule has 1 atom stereocenters. The summed E-state index contributed by atoms with van der Waals surface area (Å²) in [4.78, 5) is 0. The van der Waals surface area contributed by atoms with Crippen LogP contribution in [0.4, 0.5) is 0 Å². The molecule has 1 aliphatic carbocycles. The predicted molar refractivity (Wildman–Crippen MR) is 115 cm³/mol. The summed E-state index contributed by atoms with van der Waals surface area (Å²) in [5.74, 6) is 0. The van der Waals surface area contributed by atoms with E-state index in [1.807, 2.05) is 0 Å². The van der Waals surface area contributed by atoms with Crippen LogP contribution in [0.2, 0.25) is 9.26 Å². The van der Waals surface area contributed by atoms with E-state index in [4.69, 9.17) is 0 Å². The Kier molecular flexibility index (Phi) is 4.17. The predicted octanol–water partition coefficient (Wildman–Crippen LogP) is 7.83. The van der Waals surface area contributed by atoms with Crippen LogP contribution >= 0.6 is 0 Å². The zero-order valence-corrected chi connectivity index (χ0v) is 18.5. The minimum atomic E-state index is -1.37. The molecule has 4 aromatic carbocycles. The van der Waals surface area contributed by atoms with Crippen LogP contribution in [0.15, 0.2) is 78.4 Å². The molecule has 27 heavy (non-hydrogen) atoms. The number of rotatable bonds is 2. The van der Waals surface area contributed by atoms with Crippen LogP contribution in [0.3, 0.4) is 0 Å². The number of allylic oxidation sites excluding steroid dienone is 1. The van der Waals surface area contributed by atoms with Crippen LogP contribution in [0, 0.1) is 0 Å². The number of benzene rings is 4. The maximum atomic E-state index is 2.52. The molecule has 0 aromatic heterocycles. The molecule has 0 N–H and O–H groups in total. The molecule has 0 saturated carbocycles. The molecule has 0 spiro atoms. The summed E-state index contributed by atoms with van der Waals surface area (Å²) in [7, 11) is 0. The van der Waals surface area contributed by atoms with Crippen molar-refractivity contribution in [1.29, 1.82) is 0 Å². The van der Waals surface area contributed by atoms with Gasteiger partial charge in [0.25, 0.3) is 0 Å². The molecule has 0 aliphatic heterocycles. The van der Waals surface area contributed by atoms with Crippen molar-refractivity contribution < 1.29 is 21.8 Å². The molecule has 0 radical (unpaired) electrons. The van der Waals surface area contributed by atoms with Gasteiger partial charge < -0.3 is 0 Å². The van der Waals surface area contributed by atoms with Crippen molar-refractivity contribution in [2.24, 2.45) is 0 Å². The van der Waals surface area contributed by atoms with Gasteiger partial charge in [-0.15, -0.1) is 0 Å². The first kappa shape index (κ1) is 17.1. The van der Waals surface area contributed by atoms with Gasteiger partial charge in [0.05, 0.1) is 0 Å². The molecule has 5 rings (SSSR count). The van der Waals surface area contributed by atoms with E-state index >= 15 is 0 Å². The van der Waals surface area contributed by atoms with Crippen LogP contribution in [0.1, 0.15) is 21.7 Å². The van der Waals surface area contributed by atoms with Crippen LogP contribution < -0.4 is 0 Å². The van der Waals surface area contributed by atoms with Crippen molar-refractivity contribution in [2.75, 3.05) is 0 Å². The van der Waals surface area contributed by atoms with Crippen molar-refractivity contribution in [3.63, 3.8) is 0 Å². The third-order valence-corrected chi connectivity index (χ3v) is 10.7. The first-order chi connectivity index (χ1) is 13.1. The molecule has 0 heterocycles. The molecule has 4 aromatic rings. The fourth-order valence-corrected chi connectivity index (χ4v) is 9.42. The number of fused-ring (bicyclic) bond motifs is 4. The number of hydrogen-bond donors (Lipinski definition) is 0. The average Bonchev–Trinajstić information content (AvgIpc) is 3.03. The molecule has 1 aliphatic rings. The second-order valence-corrected chi connectivity index (χ2v) is 14.6. The molecular formula is C26H23Zr. The Labute approximate surface area is 169 Å². The van der Waals surface area contributed by atoms with E-state index < -0.39 is 21.8 Å². The Hall–Kier alpha value is -1.98. The van der Waals surface area contributed by atoms with Gasteiger partial charge in [-0.05, 0) is 0 Å². The molecule has 0 bridgehead atoms. The molecule has 0 saturated heterocycles. The van der Waals surface area contributed by atoms with Crippen molar-refractivity contribution in [1.82, 2.24) is 0 Å². The molecule has 0 amide bonds.